The number of rotatable bonds is 2. The lowest BCUT2D eigenvalue weighted by atomic mass is 10.1. The van der Waals surface area contributed by atoms with E-state index in [1.807, 2.05) is 26.0 Å². The van der Waals surface area contributed by atoms with E-state index >= 15 is 0 Å². The van der Waals surface area contributed by atoms with Gasteiger partial charge < -0.3 is 9.64 Å². The molecule has 82 valence electrons. The summed E-state index contributed by atoms with van der Waals surface area (Å²) in [4.78, 5) is 12.4. The fraction of sp³-hybridized carbons (Fsp3) is 0.364. The zero-order valence-corrected chi connectivity index (χ0v) is 10.1. The average Bonchev–Trinajstić information content (AvgIpc) is 2.15. The van der Waals surface area contributed by atoms with E-state index in [1.165, 1.54) is 4.90 Å². The first-order valence-electron chi connectivity index (χ1n) is 4.55. The lowest BCUT2D eigenvalue weighted by Gasteiger charge is -2.17. The molecule has 0 aliphatic heterocycles. The summed E-state index contributed by atoms with van der Waals surface area (Å²) in [5.74, 6) is 0.842. The Hall–Kier alpha value is -1.22. The number of amides is 1. The van der Waals surface area contributed by atoms with Crippen molar-refractivity contribution in [3.05, 3.63) is 23.3 Å². The summed E-state index contributed by atoms with van der Waals surface area (Å²) in [6, 6.07) is 3.73. The van der Waals surface area contributed by atoms with Crippen LogP contribution in [0.4, 0.5) is 10.5 Å². The summed E-state index contributed by atoms with van der Waals surface area (Å²) in [6.45, 7) is 3.86. The minimum absolute atomic E-state index is 0.501. The van der Waals surface area contributed by atoms with Gasteiger partial charge in [-0.1, -0.05) is 0 Å². The molecule has 0 atom stereocenters. The number of carbonyl (C=O) groups excluding carboxylic acids is 1. The Morgan fingerprint density at radius 3 is 2.13 bits per heavy atom. The summed E-state index contributed by atoms with van der Waals surface area (Å²) in [5.41, 5.74) is 2.74. The Morgan fingerprint density at radius 2 is 1.80 bits per heavy atom. The number of nitrogens with zero attached hydrogens (tertiary/aromatic N) is 1. The number of benzene rings is 1. The molecule has 0 radical (unpaired) electrons. The Labute approximate surface area is 94.6 Å². The van der Waals surface area contributed by atoms with Crippen molar-refractivity contribution < 1.29 is 9.53 Å². The third-order valence-electron chi connectivity index (χ3n) is 2.30. The highest BCUT2D eigenvalue weighted by molar-refractivity contribution is 6.66. The maximum Gasteiger partial charge on any atom is 0.320 e. The number of ether oxygens (including phenoxy) is 1. The highest BCUT2D eigenvalue weighted by Gasteiger charge is 2.11. The van der Waals surface area contributed by atoms with E-state index in [-0.39, 0.29) is 0 Å². The Kier molecular flexibility index (Phi) is 3.58. The molecular formula is C11H14ClNO2. The van der Waals surface area contributed by atoms with Crippen molar-refractivity contribution in [1.29, 1.82) is 0 Å². The quantitative estimate of drug-likeness (QED) is 0.574. The fourth-order valence-electron chi connectivity index (χ4n) is 1.54. The smallest absolute Gasteiger partial charge is 0.320 e. The van der Waals surface area contributed by atoms with Gasteiger partial charge in [-0.2, -0.15) is 0 Å². The number of hydrogen-bond donors (Lipinski definition) is 0. The molecule has 0 aliphatic carbocycles. The largest absolute Gasteiger partial charge is 0.496 e. The predicted octanol–water partition coefficient (Wildman–Crippen LogP) is 3.11. The van der Waals surface area contributed by atoms with Crippen molar-refractivity contribution in [2.24, 2.45) is 0 Å². The first-order valence-corrected chi connectivity index (χ1v) is 4.93. The molecule has 0 aliphatic rings. The molecule has 0 unspecified atom stereocenters. The van der Waals surface area contributed by atoms with Crippen LogP contribution in [0.5, 0.6) is 5.75 Å². The monoisotopic (exact) mass is 227 g/mol. The number of carbonyl (C=O) groups is 1. The van der Waals surface area contributed by atoms with Gasteiger partial charge >= 0.3 is 5.37 Å². The molecule has 0 saturated carbocycles. The van der Waals surface area contributed by atoms with Crippen LogP contribution in [-0.4, -0.2) is 19.5 Å². The lowest BCUT2D eigenvalue weighted by molar-refractivity contribution is 0.265. The molecule has 0 aromatic heterocycles. The average molecular weight is 228 g/mol. The van der Waals surface area contributed by atoms with Gasteiger partial charge in [0.15, 0.2) is 0 Å². The van der Waals surface area contributed by atoms with Gasteiger partial charge in [0.25, 0.3) is 0 Å². The molecule has 0 heterocycles. The van der Waals surface area contributed by atoms with Gasteiger partial charge in [-0.15, -0.1) is 0 Å². The Bertz CT molecular complexity index is 367. The van der Waals surface area contributed by atoms with Crippen LogP contribution < -0.4 is 9.64 Å². The second-order valence-corrected chi connectivity index (χ2v) is 3.75. The van der Waals surface area contributed by atoms with Crippen molar-refractivity contribution >= 4 is 22.7 Å². The second-order valence-electron chi connectivity index (χ2n) is 3.42. The van der Waals surface area contributed by atoms with E-state index in [0.717, 1.165) is 22.6 Å². The Balaban J connectivity index is 3.19. The summed E-state index contributed by atoms with van der Waals surface area (Å²) in [7, 11) is 3.27. The van der Waals surface area contributed by atoms with E-state index in [2.05, 4.69) is 0 Å². The zero-order valence-electron chi connectivity index (χ0n) is 9.30. The first kappa shape index (κ1) is 11.9. The summed E-state index contributed by atoms with van der Waals surface area (Å²) in [6.07, 6.45) is 0. The van der Waals surface area contributed by atoms with Crippen molar-refractivity contribution in [2.45, 2.75) is 13.8 Å². The molecule has 3 nitrogen and oxygen atoms in total. The molecule has 1 amide bonds. The minimum atomic E-state index is -0.501. The number of methoxy groups -OCH3 is 1. The maximum absolute atomic E-state index is 11.0. The van der Waals surface area contributed by atoms with Gasteiger partial charge in [-0.25, -0.2) is 0 Å². The van der Waals surface area contributed by atoms with E-state index in [9.17, 15) is 4.79 Å². The molecule has 0 fully saturated rings. The second kappa shape index (κ2) is 4.53. The number of halogens is 1. The van der Waals surface area contributed by atoms with Gasteiger partial charge in [0.2, 0.25) is 0 Å². The molecule has 0 N–H and O–H groups in total. The SMILES string of the molecule is COc1c(C)cc(N(C)C(=O)Cl)cc1C. The predicted molar refractivity (Wildman–Crippen MR) is 62.1 cm³/mol. The zero-order chi connectivity index (χ0) is 11.6. The van der Waals surface area contributed by atoms with E-state index in [0.29, 0.717) is 0 Å². The third-order valence-corrected chi connectivity index (χ3v) is 2.55. The molecule has 0 spiro atoms. The van der Waals surface area contributed by atoms with Crippen molar-refractivity contribution in [1.82, 2.24) is 0 Å². The number of anilines is 1. The molecule has 1 aromatic carbocycles. The normalized spacial score (nSPS) is 9.93. The minimum Gasteiger partial charge on any atom is -0.496 e. The van der Waals surface area contributed by atoms with Crippen LogP contribution in [0, 0.1) is 13.8 Å². The van der Waals surface area contributed by atoms with E-state index in [4.69, 9.17) is 16.3 Å². The highest BCUT2D eigenvalue weighted by Crippen LogP contribution is 2.28. The van der Waals surface area contributed by atoms with Crippen LogP contribution in [0.1, 0.15) is 11.1 Å². The Morgan fingerprint density at radius 1 is 1.33 bits per heavy atom. The van der Waals surface area contributed by atoms with Crippen LogP contribution in [-0.2, 0) is 0 Å². The fourth-order valence-corrected chi connectivity index (χ4v) is 1.64. The van der Waals surface area contributed by atoms with Crippen LogP contribution in [0.2, 0.25) is 0 Å². The van der Waals surface area contributed by atoms with Gasteiger partial charge in [-0.3, -0.25) is 4.79 Å². The van der Waals surface area contributed by atoms with E-state index < -0.39 is 5.37 Å². The van der Waals surface area contributed by atoms with Crippen LogP contribution in [0.3, 0.4) is 0 Å². The van der Waals surface area contributed by atoms with Crippen molar-refractivity contribution in [3.8, 4) is 5.75 Å². The van der Waals surface area contributed by atoms with E-state index in [1.54, 1.807) is 14.2 Å². The molecule has 15 heavy (non-hydrogen) atoms. The molecule has 4 heteroatoms. The standard InChI is InChI=1S/C11H14ClNO2/c1-7-5-9(13(3)11(12)14)6-8(2)10(7)15-4/h5-6H,1-4H3. The molecule has 0 saturated heterocycles. The molecule has 1 aromatic rings. The van der Waals surface area contributed by atoms with Gasteiger partial charge in [0, 0.05) is 12.7 Å². The van der Waals surface area contributed by atoms with Crippen LogP contribution in [0.15, 0.2) is 12.1 Å². The molecular weight excluding hydrogens is 214 g/mol. The summed E-state index contributed by atoms with van der Waals surface area (Å²) < 4.78 is 5.23. The molecule has 0 bridgehead atoms. The van der Waals surface area contributed by atoms with Crippen molar-refractivity contribution in [3.63, 3.8) is 0 Å². The van der Waals surface area contributed by atoms with Crippen LogP contribution in [0.25, 0.3) is 0 Å². The topological polar surface area (TPSA) is 29.5 Å². The molecule has 1 rings (SSSR count). The summed E-state index contributed by atoms with van der Waals surface area (Å²) in [5, 5.41) is -0.501. The summed E-state index contributed by atoms with van der Waals surface area (Å²) >= 11 is 5.40. The highest BCUT2D eigenvalue weighted by atomic mass is 35.5. The third kappa shape index (κ3) is 2.42. The number of hydrogen-bond acceptors (Lipinski definition) is 2. The van der Waals surface area contributed by atoms with Crippen molar-refractivity contribution in [2.75, 3.05) is 19.1 Å². The van der Waals surface area contributed by atoms with Crippen LogP contribution >= 0.6 is 11.6 Å². The maximum atomic E-state index is 11.0. The van der Waals surface area contributed by atoms with Gasteiger partial charge in [-0.05, 0) is 48.7 Å². The lowest BCUT2D eigenvalue weighted by Crippen LogP contribution is -2.19. The first-order chi connectivity index (χ1) is 6.97. The van der Waals surface area contributed by atoms with Gasteiger partial charge in [0.1, 0.15) is 5.75 Å². The van der Waals surface area contributed by atoms with Gasteiger partial charge in [0.05, 0.1) is 7.11 Å². The number of aryl methyl sites for hydroxylation is 2.